The third-order valence-corrected chi connectivity index (χ3v) is 7.24. The van der Waals surface area contributed by atoms with Crippen molar-refractivity contribution in [3.8, 4) is 0 Å². The van der Waals surface area contributed by atoms with Gasteiger partial charge in [0.1, 0.15) is 11.1 Å². The highest BCUT2D eigenvalue weighted by molar-refractivity contribution is 6.05. The molecule has 234 valence electrons. The fourth-order valence-corrected chi connectivity index (χ4v) is 4.71. The maximum Gasteiger partial charge on any atom is 0.349 e. The largest absolute Gasteiger partial charge is 0.482 e. The number of rotatable bonds is 18. The van der Waals surface area contributed by atoms with Crippen LogP contribution in [0.4, 0.5) is 17.1 Å². The number of amides is 2. The molecule has 0 atom stereocenters. The summed E-state index contributed by atoms with van der Waals surface area (Å²) in [6.07, 6.45) is 8.34. The molecule has 45 heavy (non-hydrogen) atoms. The summed E-state index contributed by atoms with van der Waals surface area (Å²) in [5.74, 6) is -0.662. The molecule has 1 aromatic heterocycles. The summed E-state index contributed by atoms with van der Waals surface area (Å²) >= 11 is 0. The Bertz CT molecular complexity index is 1650. The molecule has 4 N–H and O–H groups in total. The Morgan fingerprint density at radius 3 is 2.07 bits per heavy atom. The zero-order valence-electron chi connectivity index (χ0n) is 25.4. The van der Waals surface area contributed by atoms with Crippen molar-refractivity contribution in [1.82, 2.24) is 5.32 Å². The van der Waals surface area contributed by atoms with E-state index in [9.17, 15) is 14.4 Å². The van der Waals surface area contributed by atoms with Gasteiger partial charge in [-0.3, -0.25) is 9.59 Å². The normalized spacial score (nSPS) is 10.6. The molecular weight excluding hydrogens is 568 g/mol. The molecule has 3 aromatic carbocycles. The molecule has 0 saturated heterocycles. The number of unbranched alkanes of at least 4 members (excludes halogenated alkanes) is 3. The van der Waals surface area contributed by atoms with Crippen LogP contribution in [0.2, 0.25) is 0 Å². The van der Waals surface area contributed by atoms with Gasteiger partial charge in [-0.15, -0.1) is 0 Å². The highest BCUT2D eigenvalue weighted by Crippen LogP contribution is 2.20. The monoisotopic (exact) mass is 608 g/mol. The SMILES string of the molecule is C=COCNc1ccc(CCc2ccc(NC(=O)c3cc4ccc(NCCCCCCNC(=O)C=C)cc4oc3=O)cc2)cc1. The van der Waals surface area contributed by atoms with Crippen LogP contribution in [-0.4, -0.2) is 31.6 Å². The molecule has 4 aromatic rings. The van der Waals surface area contributed by atoms with E-state index in [1.54, 1.807) is 12.1 Å². The summed E-state index contributed by atoms with van der Waals surface area (Å²) < 4.78 is 10.6. The molecule has 0 bridgehead atoms. The lowest BCUT2D eigenvalue weighted by Crippen LogP contribution is -2.21. The molecule has 0 saturated carbocycles. The average molecular weight is 609 g/mol. The molecule has 0 unspecified atom stereocenters. The molecule has 0 radical (unpaired) electrons. The molecule has 0 aliphatic carbocycles. The van der Waals surface area contributed by atoms with Gasteiger partial charge >= 0.3 is 5.63 Å². The Kier molecular flexibility index (Phi) is 12.4. The maximum absolute atomic E-state index is 12.9. The Morgan fingerprint density at radius 2 is 1.40 bits per heavy atom. The van der Waals surface area contributed by atoms with Gasteiger partial charge in [-0.05, 0) is 85.4 Å². The first kappa shape index (κ1) is 32.6. The van der Waals surface area contributed by atoms with Crippen molar-refractivity contribution in [2.45, 2.75) is 38.5 Å². The summed E-state index contributed by atoms with van der Waals surface area (Å²) in [5.41, 5.74) is 4.44. The Labute approximate surface area is 263 Å². The zero-order chi connectivity index (χ0) is 31.9. The third-order valence-electron chi connectivity index (χ3n) is 7.24. The van der Waals surface area contributed by atoms with Crippen molar-refractivity contribution in [2.24, 2.45) is 0 Å². The van der Waals surface area contributed by atoms with E-state index in [4.69, 9.17) is 9.15 Å². The zero-order valence-corrected chi connectivity index (χ0v) is 25.4. The minimum atomic E-state index is -0.688. The van der Waals surface area contributed by atoms with Crippen LogP contribution in [-0.2, 0) is 22.4 Å². The van der Waals surface area contributed by atoms with Crippen LogP contribution in [0.5, 0.6) is 0 Å². The van der Waals surface area contributed by atoms with Crippen LogP contribution in [0, 0.1) is 0 Å². The van der Waals surface area contributed by atoms with Crippen LogP contribution >= 0.6 is 0 Å². The van der Waals surface area contributed by atoms with Crippen LogP contribution in [0.25, 0.3) is 11.0 Å². The van der Waals surface area contributed by atoms with E-state index in [0.717, 1.165) is 62.0 Å². The topological polar surface area (TPSA) is 122 Å². The van der Waals surface area contributed by atoms with E-state index < -0.39 is 11.5 Å². The van der Waals surface area contributed by atoms with Gasteiger partial charge in [0, 0.05) is 41.6 Å². The van der Waals surface area contributed by atoms with Crippen molar-refractivity contribution in [1.29, 1.82) is 0 Å². The molecular formula is C36H40N4O5. The number of benzene rings is 3. The summed E-state index contributed by atoms with van der Waals surface area (Å²) in [7, 11) is 0. The van der Waals surface area contributed by atoms with Crippen molar-refractivity contribution in [2.75, 3.05) is 35.8 Å². The number of anilines is 3. The summed E-state index contributed by atoms with van der Waals surface area (Å²) in [6, 6.07) is 22.9. The smallest absolute Gasteiger partial charge is 0.349 e. The van der Waals surface area contributed by atoms with Gasteiger partial charge in [-0.1, -0.05) is 50.3 Å². The van der Waals surface area contributed by atoms with E-state index in [2.05, 4.69) is 46.6 Å². The second kappa shape index (κ2) is 17.1. The van der Waals surface area contributed by atoms with Crippen LogP contribution in [0.15, 0.2) is 108 Å². The number of aryl methyl sites for hydroxylation is 2. The van der Waals surface area contributed by atoms with E-state index in [1.807, 2.05) is 48.5 Å². The van der Waals surface area contributed by atoms with Crippen molar-refractivity contribution in [3.63, 3.8) is 0 Å². The summed E-state index contributed by atoms with van der Waals surface area (Å²) in [5, 5.41) is 12.7. The summed E-state index contributed by atoms with van der Waals surface area (Å²) in [6.45, 7) is 8.75. The van der Waals surface area contributed by atoms with Gasteiger partial charge in [-0.25, -0.2) is 4.79 Å². The van der Waals surface area contributed by atoms with Crippen LogP contribution < -0.4 is 26.9 Å². The van der Waals surface area contributed by atoms with Crippen molar-refractivity contribution < 1.29 is 18.7 Å². The van der Waals surface area contributed by atoms with Gasteiger partial charge < -0.3 is 30.4 Å². The highest BCUT2D eigenvalue weighted by Gasteiger charge is 2.14. The predicted octanol–water partition coefficient (Wildman–Crippen LogP) is 6.63. The fourth-order valence-electron chi connectivity index (χ4n) is 4.71. The molecule has 0 aliphatic rings. The Morgan fingerprint density at radius 1 is 0.756 bits per heavy atom. The molecule has 9 heteroatoms. The number of hydrogen-bond donors (Lipinski definition) is 4. The molecule has 2 amide bonds. The van der Waals surface area contributed by atoms with Gasteiger partial charge in [-0.2, -0.15) is 0 Å². The molecule has 0 fully saturated rings. The second-order valence-electron chi connectivity index (χ2n) is 10.5. The van der Waals surface area contributed by atoms with E-state index in [1.165, 1.54) is 17.9 Å². The van der Waals surface area contributed by atoms with Crippen molar-refractivity contribution >= 4 is 39.8 Å². The summed E-state index contributed by atoms with van der Waals surface area (Å²) in [4.78, 5) is 36.8. The van der Waals surface area contributed by atoms with E-state index >= 15 is 0 Å². The Balaban J connectivity index is 1.23. The highest BCUT2D eigenvalue weighted by atomic mass is 16.5. The second-order valence-corrected chi connectivity index (χ2v) is 10.5. The Hall–Kier alpha value is -5.31. The minimum Gasteiger partial charge on any atom is -0.482 e. The lowest BCUT2D eigenvalue weighted by Gasteiger charge is -2.09. The van der Waals surface area contributed by atoms with Crippen LogP contribution in [0.3, 0.4) is 0 Å². The number of fused-ring (bicyclic) bond motifs is 1. The van der Waals surface area contributed by atoms with Gasteiger partial charge in [0.25, 0.3) is 5.91 Å². The first-order chi connectivity index (χ1) is 21.9. The number of carbonyl (C=O) groups is 2. The average Bonchev–Trinajstić information content (AvgIpc) is 3.05. The number of carbonyl (C=O) groups excluding carboxylic acids is 2. The predicted molar refractivity (Wildman–Crippen MR) is 181 cm³/mol. The fraction of sp³-hybridized carbons (Fsp3) is 0.250. The number of hydrogen-bond acceptors (Lipinski definition) is 7. The van der Waals surface area contributed by atoms with Gasteiger partial charge in [0.05, 0.1) is 6.26 Å². The minimum absolute atomic E-state index is 0.0504. The van der Waals surface area contributed by atoms with Gasteiger partial charge in [0.2, 0.25) is 5.91 Å². The van der Waals surface area contributed by atoms with E-state index in [-0.39, 0.29) is 11.5 Å². The lowest BCUT2D eigenvalue weighted by molar-refractivity contribution is -0.116. The third kappa shape index (κ3) is 10.4. The quantitative estimate of drug-likeness (QED) is 0.0329. The van der Waals surface area contributed by atoms with Crippen LogP contribution in [0.1, 0.15) is 47.2 Å². The maximum atomic E-state index is 12.9. The standard InChI is InChI=1S/C36H40N4O5/c1-3-34(41)38-22-8-6-5-7-21-37-31-20-15-28-23-32(36(43)45-33(28)24-31)35(42)40-30-18-13-27(14-19-30)10-9-26-11-16-29(17-12-26)39-25-44-4-2/h3-4,11-20,23-24,37,39H,1-2,5-10,21-22,25H2,(H,38,41)(H,40,42). The molecule has 1 heterocycles. The van der Waals surface area contributed by atoms with Crippen molar-refractivity contribution in [3.05, 3.63) is 125 Å². The first-order valence-corrected chi connectivity index (χ1v) is 15.1. The number of nitrogens with one attached hydrogen (secondary N) is 4. The molecule has 9 nitrogen and oxygen atoms in total. The molecule has 0 spiro atoms. The molecule has 0 aliphatic heterocycles. The lowest BCUT2D eigenvalue weighted by atomic mass is 10.0. The first-order valence-electron chi connectivity index (χ1n) is 15.1. The van der Waals surface area contributed by atoms with E-state index in [0.29, 0.717) is 29.9 Å². The number of ether oxygens (including phenoxy) is 1. The molecule has 4 rings (SSSR count). The van der Waals surface area contributed by atoms with Gasteiger partial charge in [0.15, 0.2) is 6.73 Å².